The molecule has 0 amide bonds. The van der Waals surface area contributed by atoms with Gasteiger partial charge in [-0.25, -0.2) is 4.98 Å². The maximum absolute atomic E-state index is 5.94. The van der Waals surface area contributed by atoms with E-state index in [9.17, 15) is 0 Å². The summed E-state index contributed by atoms with van der Waals surface area (Å²) in [6.07, 6.45) is 0.989. The van der Waals surface area contributed by atoms with Crippen molar-refractivity contribution in [1.29, 1.82) is 0 Å². The Morgan fingerprint density at radius 2 is 1.36 bits per heavy atom. The molecule has 1 aromatic rings. The highest BCUT2D eigenvalue weighted by Crippen LogP contribution is 2.41. The van der Waals surface area contributed by atoms with Gasteiger partial charge in [0.2, 0.25) is 0 Å². The molecule has 2 rings (SSSR count). The maximum atomic E-state index is 5.94. The molecule has 0 aromatic carbocycles. The minimum absolute atomic E-state index is 0.0257. The molecule has 4 nitrogen and oxygen atoms in total. The second kappa shape index (κ2) is 6.63. The lowest BCUT2D eigenvalue weighted by Crippen LogP contribution is -2.39. The van der Waals surface area contributed by atoms with Gasteiger partial charge in [0.05, 0.1) is 6.61 Å². The molecule has 0 aliphatic carbocycles. The summed E-state index contributed by atoms with van der Waals surface area (Å²) < 4.78 is 5.94. The third kappa shape index (κ3) is 3.66. The molecule has 0 fully saturated rings. The van der Waals surface area contributed by atoms with Gasteiger partial charge in [0.1, 0.15) is 11.6 Å². The van der Waals surface area contributed by atoms with E-state index in [0.717, 1.165) is 34.1 Å². The van der Waals surface area contributed by atoms with Gasteiger partial charge in [0.25, 0.3) is 0 Å². The fourth-order valence-corrected chi connectivity index (χ4v) is 6.00. The highest BCUT2D eigenvalue weighted by Gasteiger charge is 2.41. The predicted octanol–water partition coefficient (Wildman–Crippen LogP) is 4.38. The highest BCUT2D eigenvalue weighted by molar-refractivity contribution is 9.10. The zero-order valence-corrected chi connectivity index (χ0v) is 18.2. The first kappa shape index (κ1) is 18.6. The van der Waals surface area contributed by atoms with Crippen molar-refractivity contribution in [2.45, 2.75) is 44.9 Å². The lowest BCUT2D eigenvalue weighted by atomic mass is 9.72. The second-order valence-corrected chi connectivity index (χ2v) is 9.08. The van der Waals surface area contributed by atoms with Crippen LogP contribution in [0, 0.1) is 5.41 Å². The van der Waals surface area contributed by atoms with Gasteiger partial charge in [-0.2, -0.15) is 9.97 Å². The van der Waals surface area contributed by atoms with Crippen LogP contribution in [0.5, 0.6) is 6.01 Å². The number of aromatic nitrogens is 3. The molecule has 22 heavy (non-hydrogen) atoms. The van der Waals surface area contributed by atoms with Crippen LogP contribution < -0.4 is 4.74 Å². The van der Waals surface area contributed by atoms with Crippen LogP contribution in [0.4, 0.5) is 0 Å². The van der Waals surface area contributed by atoms with Crippen LogP contribution in [0.2, 0.25) is 0 Å². The standard InChI is InChI=1S/C15H22Br3N3O/c1-13(2)5-14(3,4)11-19-10(13)20-12(21-11)22-9-15(6-16,7-17)8-18/h5-9H2,1-4H3. The predicted molar refractivity (Wildman–Crippen MR) is 99.8 cm³/mol. The molecule has 0 saturated heterocycles. The molecule has 0 saturated carbocycles. The van der Waals surface area contributed by atoms with Gasteiger partial charge in [-0.05, 0) is 6.42 Å². The third-order valence-electron chi connectivity index (χ3n) is 4.07. The smallest absolute Gasteiger partial charge is 0.319 e. The van der Waals surface area contributed by atoms with Crippen molar-refractivity contribution >= 4 is 47.8 Å². The number of fused-ring (bicyclic) bond motifs is 2. The van der Waals surface area contributed by atoms with E-state index in [2.05, 4.69) is 90.4 Å². The first-order valence-corrected chi connectivity index (χ1v) is 10.6. The van der Waals surface area contributed by atoms with E-state index < -0.39 is 0 Å². The van der Waals surface area contributed by atoms with E-state index in [1.54, 1.807) is 0 Å². The van der Waals surface area contributed by atoms with Crippen LogP contribution in [0.1, 0.15) is 45.8 Å². The summed E-state index contributed by atoms with van der Waals surface area (Å²) in [4.78, 5) is 13.7. The minimum atomic E-state index is -0.0606. The van der Waals surface area contributed by atoms with Crippen molar-refractivity contribution in [2.24, 2.45) is 5.41 Å². The molecule has 7 heteroatoms. The number of hydrogen-bond acceptors (Lipinski definition) is 4. The van der Waals surface area contributed by atoms with Gasteiger partial charge in [0.15, 0.2) is 0 Å². The number of nitrogens with zero attached hydrogens (tertiary/aromatic N) is 3. The number of ether oxygens (including phenoxy) is 1. The fourth-order valence-electron chi connectivity index (χ4n) is 2.73. The molecule has 2 bridgehead atoms. The maximum Gasteiger partial charge on any atom is 0.319 e. The third-order valence-corrected chi connectivity index (χ3v) is 7.64. The molecular weight excluding hydrogens is 478 g/mol. The molecule has 0 atom stereocenters. The summed E-state index contributed by atoms with van der Waals surface area (Å²) in [5.41, 5.74) is -0.147. The van der Waals surface area contributed by atoms with Crippen molar-refractivity contribution in [3.05, 3.63) is 11.6 Å². The summed E-state index contributed by atoms with van der Waals surface area (Å²) in [7, 11) is 0. The summed E-state index contributed by atoms with van der Waals surface area (Å²) in [5, 5.41) is 2.49. The van der Waals surface area contributed by atoms with Gasteiger partial charge in [-0.3, -0.25) is 0 Å². The molecule has 0 radical (unpaired) electrons. The Kier molecular flexibility index (Phi) is 5.60. The Bertz CT molecular complexity index is 504. The SMILES string of the molecule is CC1(C)CC(C)(C)c2nc(OCC(CBr)(CBr)CBr)nc1n2. The van der Waals surface area contributed by atoms with Crippen molar-refractivity contribution in [2.75, 3.05) is 22.6 Å². The van der Waals surface area contributed by atoms with Crippen LogP contribution in [-0.4, -0.2) is 37.5 Å². The number of halogens is 3. The zero-order valence-electron chi connectivity index (χ0n) is 13.4. The quantitative estimate of drug-likeness (QED) is 0.545. The normalized spacial score (nSPS) is 19.0. The summed E-state index contributed by atoms with van der Waals surface area (Å²) in [6, 6.07) is 0.438. The molecule has 124 valence electrons. The molecule has 2 heterocycles. The van der Waals surface area contributed by atoms with Crippen molar-refractivity contribution in [3.8, 4) is 6.01 Å². The van der Waals surface area contributed by atoms with Gasteiger partial charge >= 0.3 is 6.01 Å². The summed E-state index contributed by atoms with van der Waals surface area (Å²) >= 11 is 10.7. The fraction of sp³-hybridized carbons (Fsp3) is 0.800. The summed E-state index contributed by atoms with van der Waals surface area (Å²) in [6.45, 7) is 9.25. The van der Waals surface area contributed by atoms with E-state index in [1.165, 1.54) is 0 Å². The number of alkyl halides is 3. The van der Waals surface area contributed by atoms with E-state index >= 15 is 0 Å². The van der Waals surface area contributed by atoms with E-state index in [0.29, 0.717) is 12.6 Å². The lowest BCUT2D eigenvalue weighted by molar-refractivity contribution is 0.188. The van der Waals surface area contributed by atoms with Gasteiger partial charge in [-0.15, -0.1) is 0 Å². The van der Waals surface area contributed by atoms with Crippen LogP contribution in [0.25, 0.3) is 0 Å². The second-order valence-electron chi connectivity index (χ2n) is 7.40. The number of rotatable bonds is 6. The van der Waals surface area contributed by atoms with Gasteiger partial charge in [-0.1, -0.05) is 75.5 Å². The molecule has 1 aliphatic rings. The Labute approximate surface area is 157 Å². The molecule has 0 spiro atoms. The summed E-state index contributed by atoms with van der Waals surface area (Å²) in [5.74, 6) is 1.66. The Balaban J connectivity index is 2.27. The Morgan fingerprint density at radius 3 is 1.77 bits per heavy atom. The molecule has 0 N–H and O–H groups in total. The lowest BCUT2D eigenvalue weighted by Gasteiger charge is -2.38. The largest absolute Gasteiger partial charge is 0.463 e. The number of hydrogen-bond donors (Lipinski definition) is 0. The van der Waals surface area contributed by atoms with Gasteiger partial charge in [0, 0.05) is 32.2 Å². The molecule has 1 aliphatic heterocycles. The van der Waals surface area contributed by atoms with Crippen LogP contribution in [0.3, 0.4) is 0 Å². The Morgan fingerprint density at radius 1 is 0.909 bits per heavy atom. The van der Waals surface area contributed by atoms with Gasteiger partial charge < -0.3 is 4.74 Å². The van der Waals surface area contributed by atoms with E-state index in [-0.39, 0.29) is 16.2 Å². The van der Waals surface area contributed by atoms with Crippen LogP contribution >= 0.6 is 47.8 Å². The highest BCUT2D eigenvalue weighted by atomic mass is 79.9. The average Bonchev–Trinajstić information content (AvgIpc) is 2.47. The topological polar surface area (TPSA) is 47.9 Å². The average molecular weight is 500 g/mol. The van der Waals surface area contributed by atoms with E-state index in [1.807, 2.05) is 0 Å². The first-order chi connectivity index (χ1) is 10.2. The first-order valence-electron chi connectivity index (χ1n) is 7.26. The minimum Gasteiger partial charge on any atom is -0.463 e. The zero-order chi connectivity index (χ0) is 16.6. The Hall–Kier alpha value is 0.250. The van der Waals surface area contributed by atoms with Crippen molar-refractivity contribution < 1.29 is 4.74 Å². The van der Waals surface area contributed by atoms with Crippen molar-refractivity contribution in [1.82, 2.24) is 15.0 Å². The molecule has 1 aromatic heterocycles. The monoisotopic (exact) mass is 497 g/mol. The molecule has 0 unspecified atom stereocenters. The van der Waals surface area contributed by atoms with Crippen LogP contribution in [-0.2, 0) is 10.8 Å². The van der Waals surface area contributed by atoms with E-state index in [4.69, 9.17) is 4.74 Å². The molecular formula is C15H22Br3N3O. The van der Waals surface area contributed by atoms with Crippen molar-refractivity contribution in [3.63, 3.8) is 0 Å². The van der Waals surface area contributed by atoms with Crippen LogP contribution in [0.15, 0.2) is 0 Å².